The van der Waals surface area contributed by atoms with Crippen LogP contribution in [0.5, 0.6) is 17.2 Å². The molecule has 2 aliphatic rings. The van der Waals surface area contributed by atoms with Crippen LogP contribution in [0.25, 0.3) is 22.8 Å². The fourth-order valence-corrected chi connectivity index (χ4v) is 4.23. The van der Waals surface area contributed by atoms with Crippen LogP contribution in [0.2, 0.25) is 0 Å². The summed E-state index contributed by atoms with van der Waals surface area (Å²) < 4.78 is 16.6. The van der Waals surface area contributed by atoms with Crippen molar-refractivity contribution in [3.8, 4) is 17.2 Å². The molecule has 0 N–H and O–H groups in total. The molecule has 0 spiro atoms. The van der Waals surface area contributed by atoms with Crippen LogP contribution in [0.4, 0.5) is 0 Å². The molecule has 29 heavy (non-hydrogen) atoms. The number of benzene rings is 3. The van der Waals surface area contributed by atoms with Gasteiger partial charge in [-0.15, -0.1) is 0 Å². The average Bonchev–Trinajstić information content (AvgIpc) is 3.09. The maximum absolute atomic E-state index is 5.97. The van der Waals surface area contributed by atoms with Crippen LogP contribution in [-0.2, 0) is 0 Å². The van der Waals surface area contributed by atoms with Gasteiger partial charge in [0.25, 0.3) is 0 Å². The van der Waals surface area contributed by atoms with Gasteiger partial charge in [0, 0.05) is 12.0 Å². The number of allylic oxidation sites excluding steroid dienone is 2. The van der Waals surface area contributed by atoms with Crippen LogP contribution in [0.3, 0.4) is 0 Å². The Bertz CT molecular complexity index is 1120. The van der Waals surface area contributed by atoms with Crippen LogP contribution in [0, 0.1) is 0 Å². The van der Waals surface area contributed by atoms with E-state index < -0.39 is 0 Å². The van der Waals surface area contributed by atoms with Crippen molar-refractivity contribution in [2.24, 2.45) is 0 Å². The van der Waals surface area contributed by atoms with Gasteiger partial charge in [-0.05, 0) is 69.8 Å². The Kier molecular flexibility index (Phi) is 4.36. The molecule has 0 bridgehead atoms. The molecule has 3 nitrogen and oxygen atoms in total. The monoisotopic (exact) mass is 382 g/mol. The molecule has 0 amide bonds. The quantitative estimate of drug-likeness (QED) is 0.558. The third kappa shape index (κ3) is 2.99. The number of ether oxygens (including phenoxy) is 3. The van der Waals surface area contributed by atoms with Crippen molar-refractivity contribution in [1.29, 1.82) is 0 Å². The van der Waals surface area contributed by atoms with Crippen molar-refractivity contribution in [2.75, 3.05) is 20.8 Å². The second-order valence-corrected chi connectivity index (χ2v) is 7.19. The first-order valence-corrected chi connectivity index (χ1v) is 9.79. The topological polar surface area (TPSA) is 27.7 Å². The van der Waals surface area contributed by atoms with Gasteiger partial charge >= 0.3 is 0 Å². The van der Waals surface area contributed by atoms with E-state index in [1.54, 1.807) is 14.2 Å². The lowest BCUT2D eigenvalue weighted by atomic mass is 9.93. The van der Waals surface area contributed by atoms with E-state index in [1.807, 2.05) is 24.3 Å². The molecule has 0 aromatic heterocycles. The van der Waals surface area contributed by atoms with E-state index in [0.717, 1.165) is 29.2 Å². The van der Waals surface area contributed by atoms with Gasteiger partial charge in [0.15, 0.2) is 0 Å². The molecule has 0 atom stereocenters. The predicted octanol–water partition coefficient (Wildman–Crippen LogP) is 5.95. The smallest absolute Gasteiger partial charge is 0.127 e. The van der Waals surface area contributed by atoms with Crippen molar-refractivity contribution >= 4 is 22.8 Å². The summed E-state index contributed by atoms with van der Waals surface area (Å²) >= 11 is 0. The molecule has 0 saturated heterocycles. The van der Waals surface area contributed by atoms with Gasteiger partial charge in [-0.25, -0.2) is 0 Å². The molecular formula is C26H22O3. The lowest BCUT2D eigenvalue weighted by Crippen LogP contribution is -2.07. The summed E-state index contributed by atoms with van der Waals surface area (Å²) in [6.07, 6.45) is 3.17. The lowest BCUT2D eigenvalue weighted by molar-refractivity contribution is 0.317. The Morgan fingerprint density at radius 1 is 0.828 bits per heavy atom. The van der Waals surface area contributed by atoms with E-state index in [0.29, 0.717) is 6.61 Å². The van der Waals surface area contributed by atoms with E-state index in [-0.39, 0.29) is 0 Å². The standard InChI is InChI=1S/C26H22O3/c1-27-19-10-6-17(7-11-19)16-23-21-4-3-5-24-26(21)22(14-15-29-24)25(23)18-8-12-20(28-2)13-9-18/h3-13,16H,14-15H2,1-2H3. The fraction of sp³-hybridized carbons (Fsp3) is 0.154. The first kappa shape index (κ1) is 17.6. The zero-order chi connectivity index (χ0) is 19.8. The van der Waals surface area contributed by atoms with Gasteiger partial charge in [0.05, 0.1) is 20.8 Å². The highest BCUT2D eigenvalue weighted by Crippen LogP contribution is 2.53. The van der Waals surface area contributed by atoms with Gasteiger partial charge in [-0.1, -0.05) is 36.4 Å². The van der Waals surface area contributed by atoms with Crippen molar-refractivity contribution in [1.82, 2.24) is 0 Å². The molecule has 1 heterocycles. The third-order valence-electron chi connectivity index (χ3n) is 5.60. The molecule has 0 saturated carbocycles. The van der Waals surface area contributed by atoms with Crippen LogP contribution >= 0.6 is 0 Å². The average molecular weight is 382 g/mol. The summed E-state index contributed by atoms with van der Waals surface area (Å²) in [7, 11) is 3.39. The molecule has 3 heteroatoms. The SMILES string of the molecule is COc1ccc(C=C2C(c3ccc(OC)cc3)=C3CCOc4cccc2c43)cc1. The second-order valence-electron chi connectivity index (χ2n) is 7.19. The van der Waals surface area contributed by atoms with E-state index in [1.165, 1.54) is 33.4 Å². The highest BCUT2D eigenvalue weighted by atomic mass is 16.5. The number of methoxy groups -OCH3 is 2. The zero-order valence-electron chi connectivity index (χ0n) is 16.6. The summed E-state index contributed by atoms with van der Waals surface area (Å²) in [5.41, 5.74) is 8.70. The minimum absolute atomic E-state index is 0.710. The maximum Gasteiger partial charge on any atom is 0.127 e. The molecule has 3 aromatic carbocycles. The molecule has 1 aliphatic carbocycles. The Balaban J connectivity index is 1.71. The summed E-state index contributed by atoms with van der Waals surface area (Å²) in [5, 5.41) is 0. The molecule has 144 valence electrons. The summed E-state index contributed by atoms with van der Waals surface area (Å²) in [4.78, 5) is 0. The Labute approximate surface area is 170 Å². The third-order valence-corrected chi connectivity index (χ3v) is 5.60. The summed E-state index contributed by atoms with van der Waals surface area (Å²) in [6, 6.07) is 22.9. The van der Waals surface area contributed by atoms with Gasteiger partial charge < -0.3 is 14.2 Å². The Morgan fingerprint density at radius 2 is 1.52 bits per heavy atom. The van der Waals surface area contributed by atoms with Crippen LogP contribution in [0.1, 0.15) is 28.7 Å². The first-order valence-electron chi connectivity index (χ1n) is 9.79. The van der Waals surface area contributed by atoms with E-state index in [4.69, 9.17) is 14.2 Å². The van der Waals surface area contributed by atoms with Crippen LogP contribution in [-0.4, -0.2) is 20.8 Å². The first-order chi connectivity index (χ1) is 14.3. The minimum atomic E-state index is 0.710. The number of hydrogen-bond donors (Lipinski definition) is 0. The summed E-state index contributed by atoms with van der Waals surface area (Å²) in [5.74, 6) is 2.70. The van der Waals surface area contributed by atoms with Gasteiger partial charge in [0.2, 0.25) is 0 Å². The van der Waals surface area contributed by atoms with E-state index in [9.17, 15) is 0 Å². The van der Waals surface area contributed by atoms with E-state index in [2.05, 4.69) is 48.5 Å². The Hall–Kier alpha value is -3.46. The molecule has 5 rings (SSSR count). The van der Waals surface area contributed by atoms with Crippen molar-refractivity contribution < 1.29 is 14.2 Å². The molecule has 3 aromatic rings. The maximum atomic E-state index is 5.97. The molecule has 0 unspecified atom stereocenters. The minimum Gasteiger partial charge on any atom is -0.497 e. The zero-order valence-corrected chi connectivity index (χ0v) is 16.6. The van der Waals surface area contributed by atoms with Gasteiger partial charge in [0.1, 0.15) is 17.2 Å². The molecule has 0 radical (unpaired) electrons. The summed E-state index contributed by atoms with van der Waals surface area (Å²) in [6.45, 7) is 0.710. The normalized spacial score (nSPS) is 15.9. The van der Waals surface area contributed by atoms with Crippen molar-refractivity contribution in [3.63, 3.8) is 0 Å². The fourth-order valence-electron chi connectivity index (χ4n) is 4.23. The predicted molar refractivity (Wildman–Crippen MR) is 117 cm³/mol. The highest BCUT2D eigenvalue weighted by Gasteiger charge is 2.32. The van der Waals surface area contributed by atoms with Gasteiger partial charge in [-0.3, -0.25) is 0 Å². The molecule has 1 aliphatic heterocycles. The van der Waals surface area contributed by atoms with Crippen molar-refractivity contribution in [2.45, 2.75) is 6.42 Å². The lowest BCUT2D eigenvalue weighted by Gasteiger charge is -2.19. The van der Waals surface area contributed by atoms with Crippen molar-refractivity contribution in [3.05, 3.63) is 89.0 Å². The van der Waals surface area contributed by atoms with Crippen LogP contribution in [0.15, 0.2) is 66.7 Å². The number of rotatable bonds is 4. The molecular weight excluding hydrogens is 360 g/mol. The number of hydrogen-bond acceptors (Lipinski definition) is 3. The molecule has 0 fully saturated rings. The Morgan fingerprint density at radius 3 is 2.21 bits per heavy atom. The second kappa shape index (κ2) is 7.17. The van der Waals surface area contributed by atoms with Crippen LogP contribution < -0.4 is 14.2 Å². The highest BCUT2D eigenvalue weighted by molar-refractivity contribution is 6.25. The van der Waals surface area contributed by atoms with E-state index >= 15 is 0 Å². The van der Waals surface area contributed by atoms with Gasteiger partial charge in [-0.2, -0.15) is 0 Å². The largest absolute Gasteiger partial charge is 0.497 e.